The molecule has 0 bridgehead atoms. The maximum Gasteiger partial charge on any atom is 0.256 e. The lowest BCUT2D eigenvalue weighted by Gasteiger charge is -2.38. The Morgan fingerprint density at radius 3 is 1.96 bits per heavy atom. The van der Waals surface area contributed by atoms with Gasteiger partial charge in [0, 0.05) is 5.92 Å². The van der Waals surface area contributed by atoms with Crippen LogP contribution in [-0.2, 0) is 9.57 Å². The third-order valence-corrected chi connectivity index (χ3v) is 4.54. The second-order valence-electron chi connectivity index (χ2n) is 6.36. The smallest absolute Gasteiger partial charge is 0.256 e. The van der Waals surface area contributed by atoms with Gasteiger partial charge in [0.1, 0.15) is 24.4 Å². The minimum Gasteiger partial charge on any atom is -0.394 e. The molecule has 1 aliphatic rings. The van der Waals surface area contributed by atoms with Gasteiger partial charge in [-0.1, -0.05) is 65.8 Å². The first kappa shape index (κ1) is 19.5. The molecule has 0 aromatic heterocycles. The summed E-state index contributed by atoms with van der Waals surface area (Å²) in [6.07, 6.45) is -5.20. The Labute approximate surface area is 157 Å². The van der Waals surface area contributed by atoms with Gasteiger partial charge >= 0.3 is 0 Å². The van der Waals surface area contributed by atoms with Gasteiger partial charge in [0.2, 0.25) is 0 Å². The zero-order valence-electron chi connectivity index (χ0n) is 14.6. The van der Waals surface area contributed by atoms with Crippen LogP contribution in [0.1, 0.15) is 17.0 Å². The average Bonchev–Trinajstić information content (AvgIpc) is 2.72. The van der Waals surface area contributed by atoms with Crippen LogP contribution in [0.2, 0.25) is 0 Å². The number of oxime groups is 1. The van der Waals surface area contributed by atoms with Crippen molar-refractivity contribution in [2.24, 2.45) is 5.16 Å². The molecule has 2 aromatic rings. The summed E-state index contributed by atoms with van der Waals surface area (Å²) in [4.78, 5) is 5.23. The Hall–Kier alpha value is -2.29. The van der Waals surface area contributed by atoms with E-state index in [1.165, 1.54) is 0 Å². The third kappa shape index (κ3) is 4.52. The normalized spacial score (nSPS) is 28.6. The lowest BCUT2D eigenvalue weighted by atomic mass is 9.92. The molecule has 0 amide bonds. The molecule has 0 radical (unpaired) electrons. The van der Waals surface area contributed by atoms with Gasteiger partial charge in [-0.15, -0.1) is 0 Å². The summed E-state index contributed by atoms with van der Waals surface area (Å²) in [5, 5.41) is 42.8. The van der Waals surface area contributed by atoms with Gasteiger partial charge < -0.3 is 30.0 Å². The molecule has 0 spiro atoms. The first-order valence-corrected chi connectivity index (χ1v) is 8.71. The highest BCUT2D eigenvalue weighted by Gasteiger charge is 2.44. The van der Waals surface area contributed by atoms with Crippen molar-refractivity contribution in [3.8, 4) is 0 Å². The van der Waals surface area contributed by atoms with E-state index in [0.717, 1.165) is 11.1 Å². The number of ether oxygens (including phenoxy) is 1. The van der Waals surface area contributed by atoms with E-state index in [4.69, 9.17) is 9.57 Å². The van der Waals surface area contributed by atoms with Crippen LogP contribution in [0.3, 0.4) is 0 Å². The molecule has 0 aliphatic carbocycles. The van der Waals surface area contributed by atoms with E-state index >= 15 is 0 Å². The van der Waals surface area contributed by atoms with Gasteiger partial charge in [-0.3, -0.25) is 0 Å². The maximum atomic E-state index is 10.0. The summed E-state index contributed by atoms with van der Waals surface area (Å²) >= 11 is 0. The Balaban J connectivity index is 1.75. The summed E-state index contributed by atoms with van der Waals surface area (Å²) in [6, 6.07) is 19.4. The summed E-state index contributed by atoms with van der Waals surface area (Å²) in [6.45, 7) is -0.523. The molecule has 1 fully saturated rings. The number of aliphatic hydroxyl groups is 4. The molecule has 1 heterocycles. The SMILES string of the molecule is OCC1O[C@@H](O/N=C/C(c2ccccc2)c2ccccc2)C(O)[C@@H](O)C1O. The molecule has 3 unspecified atom stereocenters. The van der Waals surface area contributed by atoms with Crippen LogP contribution in [0.25, 0.3) is 0 Å². The van der Waals surface area contributed by atoms with E-state index in [-0.39, 0.29) is 5.92 Å². The van der Waals surface area contributed by atoms with Crippen molar-refractivity contribution in [2.75, 3.05) is 6.61 Å². The Kier molecular flexibility index (Phi) is 6.54. The topological polar surface area (TPSA) is 112 Å². The van der Waals surface area contributed by atoms with Crippen LogP contribution in [0.5, 0.6) is 0 Å². The quantitative estimate of drug-likeness (QED) is 0.436. The maximum absolute atomic E-state index is 10.0. The van der Waals surface area contributed by atoms with Crippen molar-refractivity contribution in [3.63, 3.8) is 0 Å². The van der Waals surface area contributed by atoms with E-state index in [0.29, 0.717) is 0 Å². The van der Waals surface area contributed by atoms with E-state index in [2.05, 4.69) is 5.16 Å². The van der Waals surface area contributed by atoms with Crippen LogP contribution in [-0.4, -0.2) is 64.0 Å². The van der Waals surface area contributed by atoms with Gasteiger partial charge in [-0.05, 0) is 11.1 Å². The number of hydrogen-bond donors (Lipinski definition) is 4. The van der Waals surface area contributed by atoms with Crippen LogP contribution < -0.4 is 0 Å². The fourth-order valence-electron chi connectivity index (χ4n) is 3.00. The fourth-order valence-corrected chi connectivity index (χ4v) is 3.00. The summed E-state index contributed by atoms with van der Waals surface area (Å²) in [5.74, 6) is -0.183. The standard InChI is InChI=1S/C20H23NO6/c22-12-16-17(23)18(24)19(25)20(26-16)27-21-11-15(13-7-3-1-4-8-13)14-9-5-2-6-10-14/h1-11,15-20,22-25H,12H2/b21-11+/t16?,17?,18-,19?,20-/m0/s1. The van der Waals surface area contributed by atoms with Gasteiger partial charge in [-0.2, -0.15) is 0 Å². The summed E-state index contributed by atoms with van der Waals surface area (Å²) in [7, 11) is 0. The molecule has 1 aliphatic heterocycles. The highest BCUT2D eigenvalue weighted by atomic mass is 16.8. The number of rotatable bonds is 6. The van der Waals surface area contributed by atoms with E-state index in [1.54, 1.807) is 6.21 Å². The highest BCUT2D eigenvalue weighted by molar-refractivity contribution is 5.72. The highest BCUT2D eigenvalue weighted by Crippen LogP contribution is 2.24. The van der Waals surface area contributed by atoms with Crippen molar-refractivity contribution >= 4 is 6.21 Å². The van der Waals surface area contributed by atoms with Crippen molar-refractivity contribution < 1.29 is 30.0 Å². The molecule has 5 atom stereocenters. The van der Waals surface area contributed by atoms with Crippen molar-refractivity contribution in [1.82, 2.24) is 0 Å². The first-order chi connectivity index (χ1) is 13.1. The van der Waals surface area contributed by atoms with Crippen molar-refractivity contribution in [1.29, 1.82) is 0 Å². The molecule has 7 heteroatoms. The Bertz CT molecular complexity index is 684. The Morgan fingerprint density at radius 2 is 1.44 bits per heavy atom. The predicted octanol–water partition coefficient (Wildman–Crippen LogP) is 0.621. The lowest BCUT2D eigenvalue weighted by Crippen LogP contribution is -2.58. The molecule has 144 valence electrons. The molecule has 4 N–H and O–H groups in total. The lowest BCUT2D eigenvalue weighted by molar-refractivity contribution is -0.301. The second kappa shape index (κ2) is 9.07. The Morgan fingerprint density at radius 1 is 0.889 bits per heavy atom. The number of benzene rings is 2. The predicted molar refractivity (Wildman–Crippen MR) is 98.1 cm³/mol. The molecule has 0 saturated carbocycles. The van der Waals surface area contributed by atoms with E-state index in [9.17, 15) is 20.4 Å². The zero-order valence-corrected chi connectivity index (χ0v) is 14.6. The molecule has 2 aromatic carbocycles. The minimum absolute atomic E-state index is 0.183. The molecule has 3 rings (SSSR count). The average molecular weight is 373 g/mol. The number of hydrogen-bond acceptors (Lipinski definition) is 7. The van der Waals surface area contributed by atoms with Gasteiger partial charge in [0.25, 0.3) is 6.29 Å². The van der Waals surface area contributed by atoms with Crippen LogP contribution in [0, 0.1) is 0 Å². The minimum atomic E-state index is -1.50. The molecule has 1 saturated heterocycles. The van der Waals surface area contributed by atoms with E-state index in [1.807, 2.05) is 60.7 Å². The fraction of sp³-hybridized carbons (Fsp3) is 0.350. The van der Waals surface area contributed by atoms with Gasteiger partial charge in [0.15, 0.2) is 0 Å². The van der Waals surface area contributed by atoms with Crippen LogP contribution in [0.4, 0.5) is 0 Å². The molecular formula is C20H23NO6. The number of aliphatic hydroxyl groups excluding tert-OH is 4. The summed E-state index contributed by atoms with van der Waals surface area (Å²) in [5.41, 5.74) is 2.01. The third-order valence-electron chi connectivity index (χ3n) is 4.54. The molecular weight excluding hydrogens is 350 g/mol. The van der Waals surface area contributed by atoms with Crippen LogP contribution >= 0.6 is 0 Å². The zero-order chi connectivity index (χ0) is 19.2. The van der Waals surface area contributed by atoms with Crippen LogP contribution in [0.15, 0.2) is 65.8 Å². The van der Waals surface area contributed by atoms with Crippen molar-refractivity contribution in [3.05, 3.63) is 71.8 Å². The van der Waals surface area contributed by atoms with E-state index < -0.39 is 37.3 Å². The first-order valence-electron chi connectivity index (χ1n) is 8.71. The van der Waals surface area contributed by atoms with Crippen molar-refractivity contribution in [2.45, 2.75) is 36.6 Å². The largest absolute Gasteiger partial charge is 0.394 e. The monoisotopic (exact) mass is 373 g/mol. The molecule has 7 nitrogen and oxygen atoms in total. The van der Waals surface area contributed by atoms with Gasteiger partial charge in [0.05, 0.1) is 12.8 Å². The summed E-state index contributed by atoms with van der Waals surface area (Å²) < 4.78 is 5.28. The molecule has 27 heavy (non-hydrogen) atoms. The number of nitrogens with zero attached hydrogens (tertiary/aromatic N) is 1. The second-order valence-corrected chi connectivity index (χ2v) is 6.36. The van der Waals surface area contributed by atoms with Gasteiger partial charge in [-0.25, -0.2) is 0 Å².